The number of rotatable bonds is 15. The zero-order valence-electron chi connectivity index (χ0n) is 45.1. The topological polar surface area (TPSA) is 258 Å². The van der Waals surface area contributed by atoms with Crippen LogP contribution in [0, 0.1) is 17.5 Å². The highest BCUT2D eigenvalue weighted by Crippen LogP contribution is 2.41. The zero-order valence-corrected chi connectivity index (χ0v) is 45.9. The van der Waals surface area contributed by atoms with E-state index < -0.39 is 18.1 Å². The van der Waals surface area contributed by atoms with Crippen LogP contribution in [-0.4, -0.2) is 83.7 Å². The number of amides is 3. The summed E-state index contributed by atoms with van der Waals surface area (Å²) < 4.78 is 70.6. The minimum absolute atomic E-state index is 0.250. The SMILES string of the molecule is CC(NC(=O)c1cc(C2CC2)nn1C)c1nc(-c2cccc(F)c2)no1.CSF.C[C@@H](NC(=O)c1cc(C2CC2)nn1C)c1nc(-c2cccc(F)c2)no1.C[C@H](NC(=O)c1cc(C2CC2)nn1C)c1nc(-c2cccc(F)c2)no1. The standard InChI is InChI=1S/3C18H18FN5O2.CH3FS/c3*1-10(18-21-16(23-26-18)12-4-3-5-13(19)8-12)20-17(25)15-9-14(11-6-7-11)22-24(15)2;1-3-2/h3*3-5,8-11H,6-7H2,1-2H3,(H,20,25);1H3/t2*10-;;/m10../s1. The number of halogens is 4. The summed E-state index contributed by atoms with van der Waals surface area (Å²) in [7, 11) is 5.25. The van der Waals surface area contributed by atoms with E-state index in [2.05, 4.69) is 61.7 Å². The minimum Gasteiger partial charge on any atom is -0.339 e. The van der Waals surface area contributed by atoms with Crippen molar-refractivity contribution in [3.63, 3.8) is 0 Å². The van der Waals surface area contributed by atoms with Gasteiger partial charge in [-0.1, -0.05) is 51.9 Å². The number of nitrogens with zero attached hydrogens (tertiary/aromatic N) is 12. The third-order valence-electron chi connectivity index (χ3n) is 13.1. The Kier molecular flexibility index (Phi) is 17.6. The quantitative estimate of drug-likeness (QED) is 0.0807. The lowest BCUT2D eigenvalue weighted by molar-refractivity contribution is 0.0915. The van der Waals surface area contributed by atoms with Crippen LogP contribution in [0.5, 0.6) is 0 Å². The van der Waals surface area contributed by atoms with Gasteiger partial charge in [0.1, 0.15) is 52.7 Å². The van der Waals surface area contributed by atoms with Crippen molar-refractivity contribution in [1.29, 1.82) is 0 Å². The van der Waals surface area contributed by atoms with Crippen molar-refractivity contribution < 1.29 is 45.0 Å². The normalized spacial score (nSPS) is 14.7. The van der Waals surface area contributed by atoms with E-state index in [1.807, 2.05) is 18.2 Å². The molecule has 3 atom stereocenters. The molecular formula is C55H57F4N15O6S. The molecule has 3 aromatic carbocycles. The van der Waals surface area contributed by atoms with Gasteiger partial charge in [-0.3, -0.25) is 28.4 Å². The number of carbonyl (C=O) groups excluding carboxylic acids is 3. The third kappa shape index (κ3) is 14.5. The van der Waals surface area contributed by atoms with Crippen LogP contribution >= 0.6 is 12.1 Å². The molecule has 12 rings (SSSR count). The molecule has 6 aromatic heterocycles. The van der Waals surface area contributed by atoms with Gasteiger partial charge < -0.3 is 29.5 Å². The van der Waals surface area contributed by atoms with Gasteiger partial charge in [-0.15, -0.1) is 0 Å². The first-order valence-corrected chi connectivity index (χ1v) is 27.0. The average molecular weight is 1130 g/mol. The fourth-order valence-corrected chi connectivity index (χ4v) is 8.31. The van der Waals surface area contributed by atoms with Crippen LogP contribution in [0.1, 0.15) is 161 Å². The lowest BCUT2D eigenvalue weighted by atomic mass is 10.2. The second-order valence-corrected chi connectivity index (χ2v) is 20.0. The Balaban J connectivity index is 0.000000143. The summed E-state index contributed by atoms with van der Waals surface area (Å²) in [6.07, 6.45) is 8.12. The Labute approximate surface area is 466 Å². The molecule has 0 bridgehead atoms. The molecule has 3 aliphatic carbocycles. The molecule has 422 valence electrons. The summed E-state index contributed by atoms with van der Waals surface area (Å²) in [5, 5.41) is 33.3. The second kappa shape index (κ2) is 25.1. The van der Waals surface area contributed by atoms with E-state index in [-0.39, 0.29) is 82.5 Å². The Morgan fingerprint density at radius 2 is 0.753 bits per heavy atom. The van der Waals surface area contributed by atoms with Crippen LogP contribution in [0.25, 0.3) is 34.2 Å². The smallest absolute Gasteiger partial charge is 0.270 e. The maximum absolute atomic E-state index is 13.3. The van der Waals surface area contributed by atoms with E-state index >= 15 is 0 Å². The van der Waals surface area contributed by atoms with Crippen LogP contribution in [0.3, 0.4) is 0 Å². The molecule has 3 aliphatic rings. The van der Waals surface area contributed by atoms with Crippen LogP contribution < -0.4 is 16.0 Å². The van der Waals surface area contributed by atoms with Gasteiger partial charge in [-0.25, -0.2) is 13.2 Å². The van der Waals surface area contributed by atoms with Gasteiger partial charge in [0.25, 0.3) is 17.7 Å². The predicted octanol–water partition coefficient (Wildman–Crippen LogP) is 10.2. The Morgan fingerprint density at radius 3 is 0.988 bits per heavy atom. The molecule has 0 aliphatic heterocycles. The molecule has 3 fully saturated rings. The van der Waals surface area contributed by atoms with Gasteiger partial charge in [-0.05, 0) is 114 Å². The lowest BCUT2D eigenvalue weighted by Crippen LogP contribution is -2.28. The van der Waals surface area contributed by atoms with Crippen LogP contribution in [-0.2, 0) is 21.1 Å². The highest BCUT2D eigenvalue weighted by molar-refractivity contribution is 7.93. The molecule has 21 nitrogen and oxygen atoms in total. The van der Waals surface area contributed by atoms with E-state index in [1.54, 1.807) is 92.4 Å². The number of carbonyl (C=O) groups is 3. The monoisotopic (exact) mass is 1130 g/mol. The highest BCUT2D eigenvalue weighted by atomic mass is 32.2. The predicted molar refractivity (Wildman–Crippen MR) is 287 cm³/mol. The fraction of sp³-hybridized carbons (Fsp3) is 0.345. The van der Waals surface area contributed by atoms with Gasteiger partial charge in [-0.2, -0.15) is 34.1 Å². The molecule has 1 unspecified atom stereocenters. The van der Waals surface area contributed by atoms with E-state index in [9.17, 15) is 31.4 Å². The molecule has 3 saturated carbocycles. The summed E-state index contributed by atoms with van der Waals surface area (Å²) in [6.45, 7) is 5.25. The molecular weight excluding hydrogens is 1070 g/mol. The first kappa shape index (κ1) is 56.9. The van der Waals surface area contributed by atoms with Crippen molar-refractivity contribution in [2.45, 2.75) is 95.2 Å². The van der Waals surface area contributed by atoms with Crippen LogP contribution in [0.15, 0.2) is 105 Å². The average Bonchev–Trinajstić information content (AvgIpc) is 4.42. The van der Waals surface area contributed by atoms with Crippen LogP contribution in [0.2, 0.25) is 0 Å². The third-order valence-corrected chi connectivity index (χ3v) is 13.1. The first-order chi connectivity index (χ1) is 38.9. The van der Waals surface area contributed by atoms with E-state index in [4.69, 9.17) is 13.6 Å². The molecule has 81 heavy (non-hydrogen) atoms. The number of nitrogens with one attached hydrogen (secondary N) is 3. The first-order valence-electron chi connectivity index (χ1n) is 25.9. The lowest BCUT2D eigenvalue weighted by Gasteiger charge is -2.09. The number of aromatic nitrogens is 12. The van der Waals surface area contributed by atoms with E-state index in [0.717, 1.165) is 55.6 Å². The number of benzene rings is 3. The second-order valence-electron chi connectivity index (χ2n) is 19.7. The molecule has 26 heteroatoms. The van der Waals surface area contributed by atoms with Crippen molar-refractivity contribution in [3.05, 3.63) is 160 Å². The van der Waals surface area contributed by atoms with Gasteiger partial charge in [0.2, 0.25) is 35.1 Å². The zero-order chi connectivity index (χ0) is 57.5. The fourth-order valence-electron chi connectivity index (χ4n) is 8.31. The molecule has 0 saturated heterocycles. The highest BCUT2D eigenvalue weighted by Gasteiger charge is 2.32. The summed E-state index contributed by atoms with van der Waals surface area (Å²) in [5.74, 6) is 1.10. The largest absolute Gasteiger partial charge is 0.339 e. The Bertz CT molecular complexity index is 3280. The number of hydrogen-bond acceptors (Lipinski definition) is 16. The van der Waals surface area contributed by atoms with Crippen molar-refractivity contribution in [2.75, 3.05) is 6.26 Å². The van der Waals surface area contributed by atoms with E-state index in [1.165, 1.54) is 42.7 Å². The van der Waals surface area contributed by atoms with Gasteiger partial charge in [0.15, 0.2) is 0 Å². The molecule has 9 aromatic rings. The Hall–Kier alpha value is -8.81. The minimum atomic E-state index is -0.489. The maximum Gasteiger partial charge on any atom is 0.270 e. The summed E-state index contributed by atoms with van der Waals surface area (Å²) in [4.78, 5) is 50.3. The molecule has 0 spiro atoms. The molecule has 0 radical (unpaired) electrons. The summed E-state index contributed by atoms with van der Waals surface area (Å²) in [5.41, 5.74) is 5.87. The Morgan fingerprint density at radius 1 is 0.494 bits per heavy atom. The van der Waals surface area contributed by atoms with Crippen molar-refractivity contribution in [3.8, 4) is 34.2 Å². The van der Waals surface area contributed by atoms with Crippen molar-refractivity contribution >= 4 is 29.9 Å². The van der Waals surface area contributed by atoms with Gasteiger partial charge in [0, 0.05) is 74.0 Å². The van der Waals surface area contributed by atoms with E-state index in [0.29, 0.717) is 51.5 Å². The van der Waals surface area contributed by atoms with Crippen molar-refractivity contribution in [2.24, 2.45) is 21.1 Å². The summed E-state index contributed by atoms with van der Waals surface area (Å²) >= 11 is 0.250. The molecule has 3 N–H and O–H groups in total. The number of aryl methyl sites for hydroxylation is 3. The summed E-state index contributed by atoms with van der Waals surface area (Å²) in [6, 6.07) is 21.8. The maximum atomic E-state index is 13.3. The number of hydrogen-bond donors (Lipinski definition) is 3. The van der Waals surface area contributed by atoms with Crippen molar-refractivity contribution in [1.82, 2.24) is 75.7 Å². The van der Waals surface area contributed by atoms with Gasteiger partial charge >= 0.3 is 0 Å². The molecule has 3 amide bonds. The van der Waals surface area contributed by atoms with Gasteiger partial charge in [0.05, 0.1) is 17.1 Å². The van der Waals surface area contributed by atoms with Crippen LogP contribution in [0.4, 0.5) is 17.1 Å². The molecule has 6 heterocycles.